The van der Waals surface area contributed by atoms with Gasteiger partial charge in [0.25, 0.3) is 0 Å². The van der Waals surface area contributed by atoms with Crippen molar-refractivity contribution in [2.24, 2.45) is 4.99 Å². The van der Waals surface area contributed by atoms with Crippen molar-refractivity contribution in [3.63, 3.8) is 0 Å². The van der Waals surface area contributed by atoms with Crippen LogP contribution >= 0.6 is 27.7 Å². The van der Waals surface area contributed by atoms with Crippen LogP contribution in [0.3, 0.4) is 0 Å². The minimum absolute atomic E-state index is 0.0435. The number of halogens is 1. The van der Waals surface area contributed by atoms with Crippen LogP contribution in [0.2, 0.25) is 0 Å². The number of allylic oxidation sites excluding steroid dienone is 1. The van der Waals surface area contributed by atoms with Crippen LogP contribution in [0.4, 0.5) is 0 Å². The standard InChI is InChI=1S/C17H17BrN2O3S/c1-4-23-16(22)13-9(2)19-17-20(15(21)10(3)24-17)14(13)11-6-5-7-12(18)8-11/h5-8,10,14H,4H2,1-3H3. The van der Waals surface area contributed by atoms with Crippen LogP contribution in [0.1, 0.15) is 32.4 Å². The third-order valence-corrected chi connectivity index (χ3v) is 5.47. The van der Waals surface area contributed by atoms with E-state index in [9.17, 15) is 9.59 Å². The fourth-order valence-electron chi connectivity index (χ4n) is 2.86. The minimum atomic E-state index is -0.515. The lowest BCUT2D eigenvalue weighted by Gasteiger charge is -2.33. The number of hydrogen-bond donors (Lipinski definition) is 0. The summed E-state index contributed by atoms with van der Waals surface area (Å²) in [5.41, 5.74) is 1.86. The lowest BCUT2D eigenvalue weighted by atomic mass is 9.94. The fourth-order valence-corrected chi connectivity index (χ4v) is 4.31. The number of carbonyl (C=O) groups is 2. The average Bonchev–Trinajstić information content (AvgIpc) is 2.80. The zero-order chi connectivity index (χ0) is 17.4. The SMILES string of the molecule is CCOC(=O)C1=C(C)N=C2SC(C)C(=O)N2C1c1cccc(Br)c1. The molecule has 2 atom stereocenters. The maximum Gasteiger partial charge on any atom is 0.338 e. The number of thioether (sulfide) groups is 1. The summed E-state index contributed by atoms with van der Waals surface area (Å²) in [5, 5.41) is 0.427. The molecule has 0 saturated carbocycles. The molecule has 0 aliphatic carbocycles. The number of aliphatic imine (C=N–C) groups is 1. The minimum Gasteiger partial charge on any atom is -0.463 e. The second-order valence-electron chi connectivity index (χ2n) is 5.54. The highest BCUT2D eigenvalue weighted by molar-refractivity contribution is 9.10. The average molecular weight is 409 g/mol. The summed E-state index contributed by atoms with van der Waals surface area (Å²) in [6.07, 6.45) is 0. The first kappa shape index (κ1) is 17.2. The van der Waals surface area contributed by atoms with Gasteiger partial charge in [-0.15, -0.1) is 0 Å². The van der Waals surface area contributed by atoms with E-state index in [1.54, 1.807) is 18.7 Å². The molecule has 1 amide bonds. The molecule has 0 aromatic heterocycles. The molecule has 1 fully saturated rings. The first-order valence-electron chi connectivity index (χ1n) is 7.65. The van der Waals surface area contributed by atoms with Gasteiger partial charge in [0.15, 0.2) is 5.17 Å². The van der Waals surface area contributed by atoms with Gasteiger partial charge < -0.3 is 4.74 Å². The molecule has 0 bridgehead atoms. The van der Waals surface area contributed by atoms with E-state index in [1.807, 2.05) is 31.2 Å². The Kier molecular flexibility index (Phi) is 4.83. The van der Waals surface area contributed by atoms with Crippen molar-refractivity contribution >= 4 is 44.7 Å². The number of amides is 1. The second kappa shape index (κ2) is 6.72. The van der Waals surface area contributed by atoms with Crippen LogP contribution in [-0.2, 0) is 14.3 Å². The van der Waals surface area contributed by atoms with Gasteiger partial charge in [0.05, 0.1) is 29.2 Å². The highest BCUT2D eigenvalue weighted by atomic mass is 79.9. The van der Waals surface area contributed by atoms with Gasteiger partial charge in [-0.2, -0.15) is 0 Å². The summed E-state index contributed by atoms with van der Waals surface area (Å²) in [5.74, 6) is -0.474. The number of nitrogens with zero attached hydrogens (tertiary/aromatic N) is 2. The summed E-state index contributed by atoms with van der Waals surface area (Å²) in [6, 6.07) is 7.11. The van der Waals surface area contributed by atoms with Gasteiger partial charge >= 0.3 is 5.97 Å². The van der Waals surface area contributed by atoms with E-state index in [4.69, 9.17) is 4.74 Å². The molecule has 1 aromatic rings. The molecular formula is C17H17BrN2O3S. The van der Waals surface area contributed by atoms with E-state index in [0.29, 0.717) is 16.4 Å². The van der Waals surface area contributed by atoms with Gasteiger partial charge in [0, 0.05) is 4.47 Å². The number of esters is 1. The van der Waals surface area contributed by atoms with E-state index in [1.165, 1.54) is 11.8 Å². The smallest absolute Gasteiger partial charge is 0.338 e. The van der Waals surface area contributed by atoms with Crippen LogP contribution < -0.4 is 0 Å². The number of rotatable bonds is 3. The molecule has 7 heteroatoms. The molecule has 1 saturated heterocycles. The highest BCUT2D eigenvalue weighted by Crippen LogP contribution is 2.43. The van der Waals surface area contributed by atoms with Gasteiger partial charge in [-0.1, -0.05) is 39.8 Å². The third-order valence-electron chi connectivity index (χ3n) is 3.92. The summed E-state index contributed by atoms with van der Waals surface area (Å²) < 4.78 is 6.11. The van der Waals surface area contributed by atoms with Crippen LogP contribution in [0.25, 0.3) is 0 Å². The first-order valence-corrected chi connectivity index (χ1v) is 9.33. The second-order valence-corrected chi connectivity index (χ2v) is 7.76. The molecule has 0 N–H and O–H groups in total. The van der Waals surface area contributed by atoms with Gasteiger partial charge in [-0.05, 0) is 38.5 Å². The van der Waals surface area contributed by atoms with Gasteiger partial charge in [0.1, 0.15) is 0 Å². The molecule has 5 nitrogen and oxygen atoms in total. The zero-order valence-electron chi connectivity index (χ0n) is 13.6. The van der Waals surface area contributed by atoms with E-state index >= 15 is 0 Å². The monoisotopic (exact) mass is 408 g/mol. The lowest BCUT2D eigenvalue weighted by molar-refractivity contribution is -0.139. The number of benzene rings is 1. The van der Waals surface area contributed by atoms with Crippen molar-refractivity contribution in [2.45, 2.75) is 32.1 Å². The summed E-state index contributed by atoms with van der Waals surface area (Å²) in [6.45, 7) is 5.68. The summed E-state index contributed by atoms with van der Waals surface area (Å²) in [7, 11) is 0. The normalized spacial score (nSPS) is 23.2. The molecule has 2 heterocycles. The fraction of sp³-hybridized carbons (Fsp3) is 0.353. The quantitative estimate of drug-likeness (QED) is 0.715. The Morgan fingerprint density at radius 3 is 2.88 bits per heavy atom. The van der Waals surface area contributed by atoms with Crippen LogP contribution in [0.15, 0.2) is 45.0 Å². The molecule has 24 heavy (non-hydrogen) atoms. The zero-order valence-corrected chi connectivity index (χ0v) is 16.0. The molecule has 1 aromatic carbocycles. The largest absolute Gasteiger partial charge is 0.463 e. The van der Waals surface area contributed by atoms with Gasteiger partial charge in [-0.25, -0.2) is 9.79 Å². The van der Waals surface area contributed by atoms with E-state index in [-0.39, 0.29) is 17.8 Å². The Morgan fingerprint density at radius 1 is 1.46 bits per heavy atom. The molecule has 2 unspecified atom stereocenters. The van der Waals surface area contributed by atoms with Crippen molar-refractivity contribution in [2.75, 3.05) is 6.61 Å². The van der Waals surface area contributed by atoms with Crippen LogP contribution in [-0.4, -0.2) is 33.8 Å². The summed E-state index contributed by atoms with van der Waals surface area (Å²) >= 11 is 4.88. The Morgan fingerprint density at radius 2 is 2.21 bits per heavy atom. The Bertz CT molecular complexity index is 775. The molecular weight excluding hydrogens is 392 g/mol. The molecule has 2 aliphatic rings. The molecule has 2 aliphatic heterocycles. The highest BCUT2D eigenvalue weighted by Gasteiger charge is 2.46. The van der Waals surface area contributed by atoms with E-state index in [2.05, 4.69) is 20.9 Å². The van der Waals surface area contributed by atoms with Crippen molar-refractivity contribution in [3.8, 4) is 0 Å². The van der Waals surface area contributed by atoms with Crippen molar-refractivity contribution in [1.82, 2.24) is 4.90 Å². The predicted molar refractivity (Wildman–Crippen MR) is 97.6 cm³/mol. The maximum absolute atomic E-state index is 12.7. The van der Waals surface area contributed by atoms with Gasteiger partial charge in [0.2, 0.25) is 5.91 Å². The molecule has 0 radical (unpaired) electrons. The maximum atomic E-state index is 12.7. The van der Waals surface area contributed by atoms with Crippen molar-refractivity contribution < 1.29 is 14.3 Å². The Balaban J connectivity index is 2.16. The van der Waals surface area contributed by atoms with Crippen molar-refractivity contribution in [1.29, 1.82) is 0 Å². The van der Waals surface area contributed by atoms with Crippen LogP contribution in [0, 0.1) is 0 Å². The predicted octanol–water partition coefficient (Wildman–Crippen LogP) is 3.66. The molecule has 126 valence electrons. The van der Waals surface area contributed by atoms with E-state index < -0.39 is 12.0 Å². The Labute approximate surface area is 153 Å². The molecule has 3 rings (SSSR count). The number of carbonyl (C=O) groups excluding carboxylic acids is 2. The van der Waals surface area contributed by atoms with Crippen molar-refractivity contribution in [3.05, 3.63) is 45.6 Å². The van der Waals surface area contributed by atoms with Gasteiger partial charge in [-0.3, -0.25) is 9.69 Å². The number of amidine groups is 1. The van der Waals surface area contributed by atoms with E-state index in [0.717, 1.165) is 10.0 Å². The lowest BCUT2D eigenvalue weighted by Crippen LogP contribution is -2.40. The third kappa shape index (κ3) is 2.91. The first-order chi connectivity index (χ1) is 11.4. The molecule has 0 spiro atoms. The Hall–Kier alpha value is -1.60. The number of ether oxygens (including phenoxy) is 1. The van der Waals surface area contributed by atoms with Crippen LogP contribution in [0.5, 0.6) is 0 Å². The topological polar surface area (TPSA) is 59.0 Å². The number of hydrogen-bond acceptors (Lipinski definition) is 5. The number of fused-ring (bicyclic) bond motifs is 1. The summed E-state index contributed by atoms with van der Waals surface area (Å²) in [4.78, 5) is 31.3.